The normalized spacial score (nSPS) is 12.7. The van der Waals surface area contributed by atoms with Crippen molar-refractivity contribution in [3.05, 3.63) is 108 Å². The summed E-state index contributed by atoms with van der Waals surface area (Å²) in [6, 6.07) is 29.8. The lowest BCUT2D eigenvalue weighted by atomic mass is 10.0. The van der Waals surface area contributed by atoms with Crippen LogP contribution in [0, 0.1) is 6.92 Å². The number of rotatable bonds is 8. The van der Waals surface area contributed by atoms with Crippen LogP contribution < -0.4 is 10.4 Å². The molecule has 0 unspecified atom stereocenters. The van der Waals surface area contributed by atoms with Crippen molar-refractivity contribution in [2.45, 2.75) is 39.2 Å². The molecule has 162 valence electrons. The zero-order valence-corrected chi connectivity index (χ0v) is 20.1. The Hall–Kier alpha value is -2.46. The Morgan fingerprint density at radius 3 is 1.81 bits per heavy atom. The molecule has 0 saturated carbocycles. The molecule has 0 aromatic heterocycles. The van der Waals surface area contributed by atoms with Gasteiger partial charge in [-0.3, -0.25) is 0 Å². The van der Waals surface area contributed by atoms with E-state index in [-0.39, 0.29) is 11.6 Å². The van der Waals surface area contributed by atoms with Crippen LogP contribution in [0.15, 0.2) is 96.6 Å². The standard InChI is InChI=1S/C28H34O2Si/c1-23-15-17-24(18-16-23)21-25(22-29)19-20-30-31(28(2,3)4,26-11-7-5-8-12-26)27-13-9-6-10-14-27/h5-19,29H,20-22H2,1-4H3/b25-19-. The van der Waals surface area contributed by atoms with Crippen molar-refractivity contribution in [2.75, 3.05) is 13.2 Å². The van der Waals surface area contributed by atoms with E-state index < -0.39 is 8.32 Å². The first kappa shape index (κ1) is 23.2. The maximum Gasteiger partial charge on any atom is 0.261 e. The molecule has 0 radical (unpaired) electrons. The lowest BCUT2D eigenvalue weighted by Crippen LogP contribution is -2.66. The van der Waals surface area contributed by atoms with Crippen molar-refractivity contribution in [2.24, 2.45) is 0 Å². The minimum Gasteiger partial charge on any atom is -0.404 e. The van der Waals surface area contributed by atoms with Crippen LogP contribution in [0.25, 0.3) is 0 Å². The molecule has 3 aromatic rings. The van der Waals surface area contributed by atoms with E-state index in [1.54, 1.807) is 0 Å². The molecule has 0 amide bonds. The van der Waals surface area contributed by atoms with Crippen LogP contribution in [0.5, 0.6) is 0 Å². The van der Waals surface area contributed by atoms with E-state index in [2.05, 4.69) is 119 Å². The smallest absolute Gasteiger partial charge is 0.261 e. The summed E-state index contributed by atoms with van der Waals surface area (Å²) in [6.07, 6.45) is 2.81. The molecular weight excluding hydrogens is 396 g/mol. The van der Waals surface area contributed by atoms with Gasteiger partial charge in [-0.05, 0) is 39.9 Å². The average molecular weight is 431 g/mol. The van der Waals surface area contributed by atoms with Crippen molar-refractivity contribution < 1.29 is 9.53 Å². The highest BCUT2D eigenvalue weighted by molar-refractivity contribution is 6.99. The van der Waals surface area contributed by atoms with Crippen molar-refractivity contribution in [3.63, 3.8) is 0 Å². The van der Waals surface area contributed by atoms with Crippen LogP contribution in [-0.2, 0) is 10.8 Å². The zero-order chi connectivity index (χ0) is 22.3. The van der Waals surface area contributed by atoms with E-state index in [9.17, 15) is 5.11 Å². The molecule has 0 saturated heterocycles. The van der Waals surface area contributed by atoms with Gasteiger partial charge in [0.15, 0.2) is 0 Å². The minimum atomic E-state index is -2.55. The second-order valence-electron chi connectivity index (χ2n) is 9.16. The van der Waals surface area contributed by atoms with E-state index in [0.717, 1.165) is 12.0 Å². The average Bonchev–Trinajstić information content (AvgIpc) is 2.77. The van der Waals surface area contributed by atoms with Crippen LogP contribution in [0.2, 0.25) is 5.04 Å². The summed E-state index contributed by atoms with van der Waals surface area (Å²) >= 11 is 0. The Morgan fingerprint density at radius 2 is 1.35 bits per heavy atom. The third kappa shape index (κ3) is 5.42. The largest absolute Gasteiger partial charge is 0.404 e. The van der Waals surface area contributed by atoms with Crippen molar-refractivity contribution in [1.82, 2.24) is 0 Å². The first-order valence-electron chi connectivity index (χ1n) is 11.0. The summed E-state index contributed by atoms with van der Waals surface area (Å²) in [5.74, 6) is 0. The molecule has 0 spiro atoms. The van der Waals surface area contributed by atoms with Gasteiger partial charge in [0.1, 0.15) is 0 Å². The van der Waals surface area contributed by atoms with Crippen LogP contribution in [-0.4, -0.2) is 26.6 Å². The first-order chi connectivity index (χ1) is 14.9. The number of hydrogen-bond donors (Lipinski definition) is 1. The number of aliphatic hydroxyl groups is 1. The summed E-state index contributed by atoms with van der Waals surface area (Å²) in [5.41, 5.74) is 3.44. The fourth-order valence-corrected chi connectivity index (χ4v) is 8.70. The molecule has 1 N–H and O–H groups in total. The Balaban J connectivity index is 1.93. The summed E-state index contributed by atoms with van der Waals surface area (Å²) in [5, 5.41) is 12.4. The monoisotopic (exact) mass is 430 g/mol. The molecule has 0 fully saturated rings. The quantitative estimate of drug-likeness (QED) is 0.401. The van der Waals surface area contributed by atoms with Gasteiger partial charge in [-0.2, -0.15) is 0 Å². The number of hydrogen-bond acceptors (Lipinski definition) is 2. The topological polar surface area (TPSA) is 29.5 Å². The fourth-order valence-electron chi connectivity index (χ4n) is 4.21. The Morgan fingerprint density at radius 1 is 0.839 bits per heavy atom. The molecule has 3 aromatic carbocycles. The Bertz CT molecular complexity index is 932. The summed E-state index contributed by atoms with van der Waals surface area (Å²) in [6.45, 7) is 9.45. The second kappa shape index (κ2) is 10.2. The molecule has 0 aliphatic rings. The minimum absolute atomic E-state index is 0.0397. The highest BCUT2D eigenvalue weighted by Gasteiger charge is 2.49. The molecule has 0 bridgehead atoms. The van der Waals surface area contributed by atoms with Crippen LogP contribution in [0.1, 0.15) is 31.9 Å². The molecule has 0 aliphatic carbocycles. The third-order valence-electron chi connectivity index (χ3n) is 5.84. The second-order valence-corrected chi connectivity index (χ2v) is 13.5. The molecular formula is C28H34O2Si. The molecule has 0 heterocycles. The van der Waals surface area contributed by atoms with Gasteiger partial charge in [0.05, 0.1) is 13.2 Å². The molecule has 31 heavy (non-hydrogen) atoms. The van der Waals surface area contributed by atoms with Gasteiger partial charge in [-0.15, -0.1) is 0 Å². The summed E-state index contributed by atoms with van der Waals surface area (Å²) < 4.78 is 6.91. The maximum atomic E-state index is 9.95. The number of aryl methyl sites for hydroxylation is 1. The van der Waals surface area contributed by atoms with Gasteiger partial charge in [-0.25, -0.2) is 0 Å². The van der Waals surface area contributed by atoms with Gasteiger partial charge in [-0.1, -0.05) is 117 Å². The van der Waals surface area contributed by atoms with Gasteiger partial charge in [0.25, 0.3) is 8.32 Å². The van der Waals surface area contributed by atoms with Crippen LogP contribution >= 0.6 is 0 Å². The predicted octanol–water partition coefficient (Wildman–Crippen LogP) is 5.03. The van der Waals surface area contributed by atoms with Gasteiger partial charge in [0.2, 0.25) is 0 Å². The van der Waals surface area contributed by atoms with Crippen LogP contribution in [0.4, 0.5) is 0 Å². The molecule has 0 aliphatic heterocycles. The first-order valence-corrected chi connectivity index (χ1v) is 12.9. The SMILES string of the molecule is Cc1ccc(C/C(=C/CO[Si](c2ccccc2)(c2ccccc2)C(C)(C)C)CO)cc1. The van der Waals surface area contributed by atoms with Gasteiger partial charge < -0.3 is 9.53 Å². The van der Waals surface area contributed by atoms with Gasteiger partial charge in [0, 0.05) is 0 Å². The number of benzene rings is 3. The van der Waals surface area contributed by atoms with Crippen molar-refractivity contribution in [1.29, 1.82) is 0 Å². The maximum absolute atomic E-state index is 9.95. The van der Waals surface area contributed by atoms with Gasteiger partial charge >= 0.3 is 0 Å². The lowest BCUT2D eigenvalue weighted by Gasteiger charge is -2.42. The van der Waals surface area contributed by atoms with E-state index in [1.165, 1.54) is 21.5 Å². The fraction of sp³-hybridized carbons (Fsp3) is 0.286. The molecule has 2 nitrogen and oxygen atoms in total. The molecule has 3 heteroatoms. The Kier molecular flexibility index (Phi) is 7.66. The molecule has 3 rings (SSSR count). The van der Waals surface area contributed by atoms with Crippen molar-refractivity contribution in [3.8, 4) is 0 Å². The zero-order valence-electron chi connectivity index (χ0n) is 19.1. The molecule has 0 atom stereocenters. The highest BCUT2D eigenvalue weighted by Crippen LogP contribution is 2.36. The van der Waals surface area contributed by atoms with E-state index in [0.29, 0.717) is 6.61 Å². The number of aliphatic hydroxyl groups excluding tert-OH is 1. The third-order valence-corrected chi connectivity index (χ3v) is 10.8. The lowest BCUT2D eigenvalue weighted by molar-refractivity contribution is 0.317. The van der Waals surface area contributed by atoms with Crippen LogP contribution in [0.3, 0.4) is 0 Å². The van der Waals surface area contributed by atoms with E-state index >= 15 is 0 Å². The summed E-state index contributed by atoms with van der Waals surface area (Å²) in [4.78, 5) is 0. The Labute approximate surface area is 188 Å². The van der Waals surface area contributed by atoms with E-state index in [1.807, 2.05) is 0 Å². The highest BCUT2D eigenvalue weighted by atomic mass is 28.4. The van der Waals surface area contributed by atoms with Crippen molar-refractivity contribution >= 4 is 18.7 Å². The predicted molar refractivity (Wildman–Crippen MR) is 134 cm³/mol. The van der Waals surface area contributed by atoms with E-state index in [4.69, 9.17) is 4.43 Å². The summed E-state index contributed by atoms with van der Waals surface area (Å²) in [7, 11) is -2.55.